The van der Waals surface area contributed by atoms with Gasteiger partial charge in [0.15, 0.2) is 5.82 Å². The van der Waals surface area contributed by atoms with E-state index in [1.807, 2.05) is 6.92 Å². The van der Waals surface area contributed by atoms with E-state index in [2.05, 4.69) is 41.5 Å². The maximum absolute atomic E-state index is 13.3. The summed E-state index contributed by atoms with van der Waals surface area (Å²) in [5, 5.41) is 11.3. The SMILES string of the molecule is Cc1cc(Cl)cc(SCNC(C)(C)C)c1NC(=O)c1cc(OCF)nn1-c1ncccc1Cl. The summed E-state index contributed by atoms with van der Waals surface area (Å²) < 4.78 is 18.8. The van der Waals surface area contributed by atoms with E-state index in [0.29, 0.717) is 16.6 Å². The Balaban J connectivity index is 1.95. The molecule has 0 saturated heterocycles. The van der Waals surface area contributed by atoms with Crippen molar-refractivity contribution in [1.82, 2.24) is 20.1 Å². The summed E-state index contributed by atoms with van der Waals surface area (Å²) in [5.74, 6) is 0.271. The zero-order valence-electron chi connectivity index (χ0n) is 18.6. The second-order valence-corrected chi connectivity index (χ2v) is 9.97. The van der Waals surface area contributed by atoms with Gasteiger partial charge in [-0.05, 0) is 57.5 Å². The Hall–Kier alpha value is -2.33. The van der Waals surface area contributed by atoms with Crippen molar-refractivity contribution in [3.63, 3.8) is 0 Å². The average Bonchev–Trinajstić information content (AvgIpc) is 3.14. The second-order valence-electron chi connectivity index (χ2n) is 8.11. The lowest BCUT2D eigenvalue weighted by Crippen LogP contribution is -2.35. The highest BCUT2D eigenvalue weighted by atomic mass is 35.5. The van der Waals surface area contributed by atoms with Gasteiger partial charge in [-0.1, -0.05) is 23.2 Å². The number of ether oxygens (including phenoxy) is 1. The molecule has 1 aromatic carbocycles. The molecule has 0 aliphatic rings. The molecule has 2 heterocycles. The predicted molar refractivity (Wildman–Crippen MR) is 131 cm³/mol. The Labute approximate surface area is 206 Å². The molecule has 0 atom stereocenters. The van der Waals surface area contributed by atoms with Crippen LogP contribution in [0.1, 0.15) is 36.8 Å². The number of aryl methyl sites for hydroxylation is 1. The van der Waals surface area contributed by atoms with Crippen molar-refractivity contribution in [2.45, 2.75) is 38.1 Å². The number of benzene rings is 1. The molecule has 0 aliphatic heterocycles. The Morgan fingerprint density at radius 2 is 2.03 bits per heavy atom. The van der Waals surface area contributed by atoms with Crippen LogP contribution < -0.4 is 15.4 Å². The molecule has 7 nitrogen and oxygen atoms in total. The number of carbonyl (C=O) groups excluding carboxylic acids is 1. The number of halogens is 3. The summed E-state index contributed by atoms with van der Waals surface area (Å²) in [7, 11) is 0. The number of anilines is 1. The van der Waals surface area contributed by atoms with E-state index in [1.165, 1.54) is 28.7 Å². The van der Waals surface area contributed by atoms with Gasteiger partial charge in [0.1, 0.15) is 5.69 Å². The Kier molecular flexibility index (Phi) is 8.23. The third-order valence-corrected chi connectivity index (χ3v) is 5.83. The molecule has 2 aromatic heterocycles. The molecule has 176 valence electrons. The third kappa shape index (κ3) is 6.60. The number of amides is 1. The van der Waals surface area contributed by atoms with E-state index >= 15 is 0 Å². The van der Waals surface area contributed by atoms with Crippen LogP contribution in [-0.2, 0) is 0 Å². The number of hydrogen-bond acceptors (Lipinski definition) is 6. The van der Waals surface area contributed by atoms with Crippen LogP contribution in [0.15, 0.2) is 41.4 Å². The van der Waals surface area contributed by atoms with Crippen LogP contribution in [-0.4, -0.2) is 38.9 Å². The van der Waals surface area contributed by atoms with Crippen LogP contribution in [0, 0.1) is 6.92 Å². The molecule has 3 rings (SSSR count). The van der Waals surface area contributed by atoms with Gasteiger partial charge in [-0.15, -0.1) is 16.9 Å². The fourth-order valence-corrected chi connectivity index (χ4v) is 4.60. The maximum Gasteiger partial charge on any atom is 0.274 e. The van der Waals surface area contributed by atoms with Gasteiger partial charge in [-0.2, -0.15) is 0 Å². The molecular formula is C22H24Cl2FN5O2S. The van der Waals surface area contributed by atoms with Gasteiger partial charge in [-0.3, -0.25) is 4.79 Å². The van der Waals surface area contributed by atoms with E-state index in [1.54, 1.807) is 24.3 Å². The number of rotatable bonds is 8. The normalized spacial score (nSPS) is 11.5. The summed E-state index contributed by atoms with van der Waals surface area (Å²) in [4.78, 5) is 18.3. The Morgan fingerprint density at radius 1 is 1.27 bits per heavy atom. The molecule has 2 N–H and O–H groups in total. The van der Waals surface area contributed by atoms with Crippen LogP contribution in [0.3, 0.4) is 0 Å². The lowest BCUT2D eigenvalue weighted by atomic mass is 10.1. The molecule has 1 amide bonds. The third-order valence-electron chi connectivity index (χ3n) is 4.39. The van der Waals surface area contributed by atoms with E-state index in [-0.39, 0.29) is 28.0 Å². The highest BCUT2D eigenvalue weighted by molar-refractivity contribution is 7.99. The number of thioether (sulfide) groups is 1. The van der Waals surface area contributed by atoms with Gasteiger partial charge in [0.05, 0.1) is 10.7 Å². The van der Waals surface area contributed by atoms with Gasteiger partial charge >= 0.3 is 0 Å². The molecule has 0 unspecified atom stereocenters. The van der Waals surface area contributed by atoms with Gasteiger partial charge in [0, 0.05) is 33.6 Å². The Morgan fingerprint density at radius 3 is 2.70 bits per heavy atom. The molecule has 0 radical (unpaired) electrons. The minimum absolute atomic E-state index is 0.0642. The number of nitrogens with zero attached hydrogens (tertiary/aromatic N) is 3. The van der Waals surface area contributed by atoms with Crippen molar-refractivity contribution in [3.8, 4) is 11.7 Å². The quantitative estimate of drug-likeness (QED) is 0.290. The van der Waals surface area contributed by atoms with Gasteiger partial charge in [0.25, 0.3) is 5.91 Å². The number of carbonyl (C=O) groups is 1. The van der Waals surface area contributed by atoms with Crippen molar-refractivity contribution in [2.75, 3.05) is 18.1 Å². The minimum atomic E-state index is -1.09. The summed E-state index contributed by atoms with van der Waals surface area (Å²) in [6.45, 7) is 6.97. The molecule has 33 heavy (non-hydrogen) atoms. The highest BCUT2D eigenvalue weighted by Gasteiger charge is 2.22. The second kappa shape index (κ2) is 10.7. The first-order valence-corrected chi connectivity index (χ1v) is 11.7. The molecule has 3 aromatic rings. The monoisotopic (exact) mass is 511 g/mol. The number of hydrogen-bond donors (Lipinski definition) is 2. The molecule has 0 fully saturated rings. The van der Waals surface area contributed by atoms with Crippen molar-refractivity contribution >= 4 is 46.6 Å². The summed E-state index contributed by atoms with van der Waals surface area (Å²) in [5.41, 5.74) is 1.41. The van der Waals surface area contributed by atoms with Crippen LogP contribution in [0.5, 0.6) is 5.88 Å². The molecular weight excluding hydrogens is 488 g/mol. The zero-order chi connectivity index (χ0) is 24.2. The lowest BCUT2D eigenvalue weighted by molar-refractivity contribution is 0.101. The standard InChI is InChI=1S/C22H24Cl2FN5O2S/c1-13-8-14(23)9-17(33-12-27-22(2,3)4)19(13)28-21(31)16-10-18(32-11-25)29-30(16)20-15(24)6-5-7-26-20/h5-10,27H,11-12H2,1-4H3,(H,28,31). The summed E-state index contributed by atoms with van der Waals surface area (Å²) in [6.07, 6.45) is 1.51. The van der Waals surface area contributed by atoms with Gasteiger partial charge < -0.3 is 15.4 Å². The van der Waals surface area contributed by atoms with Crippen LogP contribution >= 0.6 is 35.0 Å². The molecule has 0 saturated carbocycles. The smallest absolute Gasteiger partial charge is 0.274 e. The first-order valence-electron chi connectivity index (χ1n) is 9.98. The van der Waals surface area contributed by atoms with Crippen LogP contribution in [0.25, 0.3) is 5.82 Å². The minimum Gasteiger partial charge on any atom is -0.445 e. The molecule has 0 bridgehead atoms. The lowest BCUT2D eigenvalue weighted by Gasteiger charge is -2.21. The topological polar surface area (TPSA) is 81.1 Å². The van der Waals surface area contributed by atoms with Crippen LogP contribution in [0.2, 0.25) is 10.0 Å². The fraction of sp³-hybridized carbons (Fsp3) is 0.318. The fourth-order valence-electron chi connectivity index (χ4n) is 2.84. The highest BCUT2D eigenvalue weighted by Crippen LogP contribution is 2.34. The van der Waals surface area contributed by atoms with Gasteiger partial charge in [0.2, 0.25) is 12.7 Å². The summed E-state index contributed by atoms with van der Waals surface area (Å²) in [6, 6.07) is 8.16. The Bertz CT molecular complexity index is 1150. The van der Waals surface area contributed by atoms with Crippen molar-refractivity contribution < 1.29 is 13.9 Å². The van der Waals surface area contributed by atoms with E-state index in [0.717, 1.165) is 10.5 Å². The number of aromatic nitrogens is 3. The summed E-state index contributed by atoms with van der Waals surface area (Å²) >= 11 is 14.0. The average molecular weight is 512 g/mol. The van der Waals surface area contributed by atoms with E-state index < -0.39 is 12.8 Å². The van der Waals surface area contributed by atoms with Crippen LogP contribution in [0.4, 0.5) is 10.1 Å². The number of nitrogens with one attached hydrogen (secondary N) is 2. The maximum atomic E-state index is 13.3. The van der Waals surface area contributed by atoms with Gasteiger partial charge in [-0.25, -0.2) is 14.1 Å². The molecule has 0 aliphatic carbocycles. The first-order chi connectivity index (χ1) is 15.6. The molecule has 0 spiro atoms. The number of pyridine rings is 1. The van der Waals surface area contributed by atoms with E-state index in [4.69, 9.17) is 27.9 Å². The van der Waals surface area contributed by atoms with E-state index in [9.17, 15) is 9.18 Å². The van der Waals surface area contributed by atoms with Crippen molar-refractivity contribution in [3.05, 3.63) is 57.8 Å². The number of alkyl halides is 1. The molecule has 11 heteroatoms. The zero-order valence-corrected chi connectivity index (χ0v) is 20.9. The first kappa shape index (κ1) is 25.3. The van der Waals surface area contributed by atoms with Crippen molar-refractivity contribution in [1.29, 1.82) is 0 Å². The predicted octanol–water partition coefficient (Wildman–Crippen LogP) is 5.88. The van der Waals surface area contributed by atoms with Crippen molar-refractivity contribution in [2.24, 2.45) is 0 Å². The largest absolute Gasteiger partial charge is 0.445 e.